The fourth-order valence-corrected chi connectivity index (χ4v) is 0.840. The zero-order valence-electron chi connectivity index (χ0n) is 10.6. The summed E-state index contributed by atoms with van der Waals surface area (Å²) < 4.78 is 4.83. The zero-order chi connectivity index (χ0) is 13.3. The van der Waals surface area contributed by atoms with E-state index in [1.165, 1.54) is 0 Å². The second kappa shape index (κ2) is 7.39. The number of rotatable bonds is 2. The Balaban J connectivity index is 0.000000302. The Morgan fingerprint density at radius 2 is 2.00 bits per heavy atom. The van der Waals surface area contributed by atoms with Crippen LogP contribution in [0, 0.1) is 0 Å². The molecule has 0 N–H and O–H groups in total. The maximum Gasteiger partial charge on any atom is 0.330 e. The van der Waals surface area contributed by atoms with Crippen molar-refractivity contribution in [2.24, 2.45) is 0 Å². The summed E-state index contributed by atoms with van der Waals surface area (Å²) >= 11 is 0. The second-order valence-corrected chi connectivity index (χ2v) is 4.20. The Labute approximate surface area is 103 Å². The molecule has 17 heavy (non-hydrogen) atoms. The van der Waals surface area contributed by atoms with E-state index in [1.54, 1.807) is 12.3 Å². The average molecular weight is 233 g/mol. The number of carbonyl (C=O) groups is 1. The molecule has 0 spiro atoms. The first-order chi connectivity index (χ1) is 7.89. The number of carbonyl (C=O) groups excluding carboxylic acids is 1. The number of ether oxygens (including phenoxy) is 1. The monoisotopic (exact) mass is 233 g/mol. The van der Waals surface area contributed by atoms with Gasteiger partial charge in [0.15, 0.2) is 0 Å². The first-order valence-electron chi connectivity index (χ1n) is 5.28. The van der Waals surface area contributed by atoms with E-state index in [1.807, 2.05) is 39.0 Å². The van der Waals surface area contributed by atoms with Crippen LogP contribution in [0.4, 0.5) is 0 Å². The Hall–Kier alpha value is -1.90. The minimum Gasteiger partial charge on any atom is -0.457 e. The third-order valence-corrected chi connectivity index (χ3v) is 1.47. The molecule has 3 heteroatoms. The fraction of sp³-hybridized carbons (Fsp3) is 0.286. The van der Waals surface area contributed by atoms with Crippen LogP contribution in [0.5, 0.6) is 0 Å². The average Bonchev–Trinajstić information content (AvgIpc) is 2.28. The molecule has 0 amide bonds. The minimum absolute atomic E-state index is 0.373. The lowest BCUT2D eigenvalue weighted by Crippen LogP contribution is -2.22. The van der Waals surface area contributed by atoms with Gasteiger partial charge in [0.25, 0.3) is 0 Å². The van der Waals surface area contributed by atoms with E-state index in [9.17, 15) is 4.79 Å². The summed E-state index contributed by atoms with van der Waals surface area (Å²) in [4.78, 5) is 14.5. The van der Waals surface area contributed by atoms with E-state index in [0.717, 1.165) is 11.8 Å². The summed E-state index contributed by atoms with van der Waals surface area (Å²) in [6.07, 6.45) is 4.63. The summed E-state index contributed by atoms with van der Waals surface area (Å²) in [6, 6.07) is 5.73. The van der Waals surface area contributed by atoms with Gasteiger partial charge in [0, 0.05) is 12.3 Å². The molecular formula is C14H19NO2. The van der Waals surface area contributed by atoms with Gasteiger partial charge in [-0.05, 0) is 39.0 Å². The van der Waals surface area contributed by atoms with Crippen molar-refractivity contribution >= 4 is 12.0 Å². The van der Waals surface area contributed by atoms with Crippen LogP contribution in [0.3, 0.4) is 0 Å². The first kappa shape index (κ1) is 15.1. The number of hydrogen-bond donors (Lipinski definition) is 0. The van der Waals surface area contributed by atoms with Crippen molar-refractivity contribution in [2.75, 3.05) is 0 Å². The summed E-state index contributed by atoms with van der Waals surface area (Å²) in [5.74, 6) is -0.373. The SMILES string of the molecule is C=CC(=O)OC(C)(C)C.C=Cc1ccccn1. The molecule has 0 aliphatic carbocycles. The maximum absolute atomic E-state index is 10.5. The highest BCUT2D eigenvalue weighted by Gasteiger charge is 2.12. The zero-order valence-corrected chi connectivity index (χ0v) is 10.6. The normalized spacial score (nSPS) is 9.59. The molecule has 0 saturated carbocycles. The highest BCUT2D eigenvalue weighted by molar-refractivity contribution is 5.81. The number of hydrogen-bond acceptors (Lipinski definition) is 3. The molecule has 0 bridgehead atoms. The fourth-order valence-electron chi connectivity index (χ4n) is 0.840. The molecule has 1 aromatic heterocycles. The van der Waals surface area contributed by atoms with E-state index < -0.39 is 5.60 Å². The highest BCUT2D eigenvalue weighted by atomic mass is 16.6. The molecule has 3 nitrogen and oxygen atoms in total. The second-order valence-electron chi connectivity index (χ2n) is 4.20. The van der Waals surface area contributed by atoms with Gasteiger partial charge in [-0.25, -0.2) is 4.79 Å². The van der Waals surface area contributed by atoms with Crippen molar-refractivity contribution in [2.45, 2.75) is 26.4 Å². The van der Waals surface area contributed by atoms with Crippen molar-refractivity contribution in [1.29, 1.82) is 0 Å². The van der Waals surface area contributed by atoms with Crippen LogP contribution in [0.25, 0.3) is 6.08 Å². The largest absolute Gasteiger partial charge is 0.457 e. The van der Waals surface area contributed by atoms with Crippen LogP contribution < -0.4 is 0 Å². The van der Waals surface area contributed by atoms with Crippen molar-refractivity contribution in [1.82, 2.24) is 4.98 Å². The van der Waals surface area contributed by atoms with Gasteiger partial charge in [-0.15, -0.1) is 0 Å². The van der Waals surface area contributed by atoms with Crippen molar-refractivity contribution < 1.29 is 9.53 Å². The van der Waals surface area contributed by atoms with Gasteiger partial charge in [-0.3, -0.25) is 4.98 Å². The molecule has 0 aliphatic rings. The van der Waals surface area contributed by atoms with Crippen LogP contribution in [-0.2, 0) is 9.53 Å². The lowest BCUT2D eigenvalue weighted by atomic mass is 10.2. The molecular weight excluding hydrogens is 214 g/mol. The molecule has 0 unspecified atom stereocenters. The van der Waals surface area contributed by atoms with Crippen LogP contribution in [0.1, 0.15) is 26.5 Å². The van der Waals surface area contributed by atoms with Crippen molar-refractivity contribution in [3.05, 3.63) is 49.3 Å². The van der Waals surface area contributed by atoms with Gasteiger partial charge in [-0.1, -0.05) is 19.2 Å². The van der Waals surface area contributed by atoms with Crippen LogP contribution in [0.15, 0.2) is 43.6 Å². The number of nitrogens with zero attached hydrogens (tertiary/aromatic N) is 1. The Morgan fingerprint density at radius 1 is 1.35 bits per heavy atom. The van der Waals surface area contributed by atoms with Gasteiger partial charge >= 0.3 is 5.97 Å². The highest BCUT2D eigenvalue weighted by Crippen LogP contribution is 2.06. The summed E-state index contributed by atoms with van der Waals surface area (Å²) in [5, 5.41) is 0. The molecule has 92 valence electrons. The van der Waals surface area contributed by atoms with E-state index in [2.05, 4.69) is 18.1 Å². The van der Waals surface area contributed by atoms with Gasteiger partial charge in [-0.2, -0.15) is 0 Å². The topological polar surface area (TPSA) is 39.2 Å². The predicted molar refractivity (Wildman–Crippen MR) is 70.4 cm³/mol. The molecule has 0 atom stereocenters. The third-order valence-electron chi connectivity index (χ3n) is 1.47. The molecule has 0 saturated heterocycles. The van der Waals surface area contributed by atoms with Gasteiger partial charge < -0.3 is 4.74 Å². The molecule has 0 fully saturated rings. The Morgan fingerprint density at radius 3 is 2.24 bits per heavy atom. The smallest absolute Gasteiger partial charge is 0.330 e. The molecule has 0 aliphatic heterocycles. The van der Waals surface area contributed by atoms with Gasteiger partial charge in [0.2, 0.25) is 0 Å². The van der Waals surface area contributed by atoms with Gasteiger partial charge in [0.05, 0.1) is 5.69 Å². The predicted octanol–water partition coefficient (Wildman–Crippen LogP) is 3.24. The van der Waals surface area contributed by atoms with Crippen molar-refractivity contribution in [3.8, 4) is 0 Å². The lowest BCUT2D eigenvalue weighted by Gasteiger charge is -2.17. The summed E-state index contributed by atoms with van der Waals surface area (Å²) in [5.41, 5.74) is 0.526. The molecule has 0 radical (unpaired) electrons. The van der Waals surface area contributed by atoms with Crippen LogP contribution >= 0.6 is 0 Å². The van der Waals surface area contributed by atoms with E-state index in [-0.39, 0.29) is 5.97 Å². The van der Waals surface area contributed by atoms with E-state index in [4.69, 9.17) is 4.74 Å². The number of pyridine rings is 1. The Bertz CT molecular complexity index is 364. The van der Waals surface area contributed by atoms with E-state index >= 15 is 0 Å². The quantitative estimate of drug-likeness (QED) is 0.581. The molecule has 1 rings (SSSR count). The minimum atomic E-state index is -0.398. The molecule has 1 aromatic rings. The summed E-state index contributed by atoms with van der Waals surface area (Å²) in [6.45, 7) is 12.3. The van der Waals surface area contributed by atoms with Crippen LogP contribution in [0.2, 0.25) is 0 Å². The standard InChI is InChI=1S/C7H7N.C7H12O2/c1-2-7-5-3-4-6-8-7;1-5-6(8)9-7(2,3)4/h2-6H,1H2;5H,1H2,2-4H3. The Kier molecular flexibility index (Phi) is 6.56. The molecule has 1 heterocycles. The van der Waals surface area contributed by atoms with Crippen molar-refractivity contribution in [3.63, 3.8) is 0 Å². The maximum atomic E-state index is 10.5. The first-order valence-corrected chi connectivity index (χ1v) is 5.28. The van der Waals surface area contributed by atoms with E-state index in [0.29, 0.717) is 0 Å². The lowest BCUT2D eigenvalue weighted by molar-refractivity contribution is -0.148. The number of aromatic nitrogens is 1. The molecule has 0 aromatic carbocycles. The third kappa shape index (κ3) is 9.05. The number of esters is 1. The summed E-state index contributed by atoms with van der Waals surface area (Å²) in [7, 11) is 0. The van der Waals surface area contributed by atoms with Crippen LogP contribution in [-0.4, -0.2) is 16.6 Å². The van der Waals surface area contributed by atoms with Gasteiger partial charge in [0.1, 0.15) is 5.60 Å².